The largest absolute Gasteiger partial charge is 0.388 e. The molecule has 0 saturated heterocycles. The highest BCUT2D eigenvalue weighted by atomic mass is 32.1. The van der Waals surface area contributed by atoms with Gasteiger partial charge in [0.1, 0.15) is 0 Å². The fourth-order valence-corrected chi connectivity index (χ4v) is 3.37. The Bertz CT molecular complexity index is 477. The summed E-state index contributed by atoms with van der Waals surface area (Å²) in [4.78, 5) is 8.90. The number of thiophene rings is 1. The van der Waals surface area contributed by atoms with Crippen molar-refractivity contribution in [2.75, 3.05) is 11.9 Å². The first-order valence-corrected chi connectivity index (χ1v) is 7.16. The van der Waals surface area contributed by atoms with E-state index in [1.807, 2.05) is 14.0 Å². The van der Waals surface area contributed by atoms with E-state index in [-0.39, 0.29) is 0 Å². The van der Waals surface area contributed by atoms with Crippen LogP contribution in [-0.4, -0.2) is 17.1 Å². The molecule has 0 radical (unpaired) electrons. The van der Waals surface area contributed by atoms with Crippen LogP contribution in [0.5, 0.6) is 0 Å². The molecule has 0 bridgehead atoms. The molecule has 0 amide bonds. The molecule has 0 spiro atoms. The maximum absolute atomic E-state index is 9.61. The molecule has 1 N–H and O–H groups in total. The number of nitrogens with zero attached hydrogens (tertiary/aromatic N) is 2. The van der Waals surface area contributed by atoms with Gasteiger partial charge in [-0.15, -0.1) is 11.3 Å². The molecule has 92 valence electrons. The fourth-order valence-electron chi connectivity index (χ4n) is 1.65. The van der Waals surface area contributed by atoms with Crippen molar-refractivity contribution in [3.63, 3.8) is 0 Å². The third-order valence-electron chi connectivity index (χ3n) is 2.50. The molecule has 0 aromatic carbocycles. The average Bonchev–Trinajstić information content (AvgIpc) is 2.86. The lowest BCUT2D eigenvalue weighted by Gasteiger charge is -2.14. The van der Waals surface area contributed by atoms with E-state index in [0.717, 1.165) is 22.2 Å². The van der Waals surface area contributed by atoms with Crippen LogP contribution in [0.3, 0.4) is 0 Å². The van der Waals surface area contributed by atoms with Gasteiger partial charge in [-0.1, -0.05) is 17.4 Å². The Hall–Kier alpha value is -0.910. The summed E-state index contributed by atoms with van der Waals surface area (Å²) in [5.74, 6) is 0. The average molecular weight is 268 g/mol. The van der Waals surface area contributed by atoms with Crippen LogP contribution in [0.25, 0.3) is 0 Å². The topological polar surface area (TPSA) is 36.4 Å². The molecule has 5 heteroatoms. The lowest BCUT2D eigenvalue weighted by Crippen LogP contribution is -2.15. The number of hydrogen-bond acceptors (Lipinski definition) is 5. The fraction of sp³-hybridized carbons (Fsp3) is 0.417. The summed E-state index contributed by atoms with van der Waals surface area (Å²) in [6.07, 6.45) is -0.434. The minimum atomic E-state index is -0.434. The molecule has 17 heavy (non-hydrogen) atoms. The van der Waals surface area contributed by atoms with E-state index in [0.29, 0.717) is 0 Å². The first kappa shape index (κ1) is 12.5. The zero-order valence-electron chi connectivity index (χ0n) is 10.2. The molecule has 0 aliphatic rings. The van der Waals surface area contributed by atoms with E-state index >= 15 is 0 Å². The third-order valence-corrected chi connectivity index (χ3v) is 4.80. The summed E-state index contributed by atoms with van der Waals surface area (Å²) in [5, 5.41) is 12.7. The number of aromatic nitrogens is 1. The van der Waals surface area contributed by atoms with E-state index in [1.54, 1.807) is 29.6 Å². The lowest BCUT2D eigenvalue weighted by molar-refractivity contribution is 0.202. The summed E-state index contributed by atoms with van der Waals surface area (Å²) in [7, 11) is 2.03. The zero-order valence-corrected chi connectivity index (χ0v) is 11.8. The Kier molecular flexibility index (Phi) is 3.81. The maximum atomic E-state index is 9.61. The van der Waals surface area contributed by atoms with Crippen LogP contribution >= 0.6 is 22.7 Å². The van der Waals surface area contributed by atoms with Gasteiger partial charge in [0.2, 0.25) is 0 Å². The van der Waals surface area contributed by atoms with E-state index in [1.165, 1.54) is 4.88 Å². The maximum Gasteiger partial charge on any atom is 0.185 e. The second-order valence-corrected chi connectivity index (χ2v) is 6.10. The van der Waals surface area contributed by atoms with Crippen molar-refractivity contribution in [1.82, 2.24) is 4.98 Å². The number of anilines is 1. The predicted molar refractivity (Wildman–Crippen MR) is 73.9 cm³/mol. The molecule has 1 atom stereocenters. The van der Waals surface area contributed by atoms with Crippen molar-refractivity contribution in [3.05, 3.63) is 33.0 Å². The van der Waals surface area contributed by atoms with Crippen LogP contribution in [0.2, 0.25) is 0 Å². The Labute approximate surface area is 109 Å². The highest BCUT2D eigenvalue weighted by Crippen LogP contribution is 2.30. The second-order valence-electron chi connectivity index (χ2n) is 4.06. The van der Waals surface area contributed by atoms with Crippen LogP contribution in [0, 0.1) is 6.92 Å². The molecule has 2 aromatic rings. The predicted octanol–water partition coefficient (Wildman–Crippen LogP) is 3.20. The highest BCUT2D eigenvalue weighted by molar-refractivity contribution is 7.15. The normalized spacial score (nSPS) is 12.7. The SMILES string of the molecule is Cc1nc(N(C)Cc2cccs2)sc1C(C)O. The molecular formula is C12H16N2OS2. The van der Waals surface area contributed by atoms with Gasteiger partial charge in [-0.3, -0.25) is 0 Å². The van der Waals surface area contributed by atoms with Gasteiger partial charge in [0, 0.05) is 11.9 Å². The Balaban J connectivity index is 2.14. The van der Waals surface area contributed by atoms with E-state index in [2.05, 4.69) is 27.4 Å². The number of aryl methyl sites for hydroxylation is 1. The highest BCUT2D eigenvalue weighted by Gasteiger charge is 2.14. The van der Waals surface area contributed by atoms with E-state index in [9.17, 15) is 5.11 Å². The minimum absolute atomic E-state index is 0.434. The molecule has 1 unspecified atom stereocenters. The standard InChI is InChI=1S/C12H16N2OS2/c1-8-11(9(2)15)17-12(13-8)14(3)7-10-5-4-6-16-10/h4-6,9,15H,7H2,1-3H3. The zero-order chi connectivity index (χ0) is 12.4. The van der Waals surface area contributed by atoms with Gasteiger partial charge in [0.05, 0.1) is 23.2 Å². The van der Waals surface area contributed by atoms with Crippen LogP contribution < -0.4 is 4.90 Å². The Morgan fingerprint density at radius 2 is 2.29 bits per heavy atom. The van der Waals surface area contributed by atoms with Gasteiger partial charge >= 0.3 is 0 Å². The van der Waals surface area contributed by atoms with Crippen molar-refractivity contribution in [2.45, 2.75) is 26.5 Å². The molecule has 2 aromatic heterocycles. The molecule has 3 nitrogen and oxygen atoms in total. The smallest absolute Gasteiger partial charge is 0.185 e. The number of aliphatic hydroxyl groups excluding tert-OH is 1. The number of rotatable bonds is 4. The van der Waals surface area contributed by atoms with Crippen molar-refractivity contribution in [2.24, 2.45) is 0 Å². The van der Waals surface area contributed by atoms with Gasteiger partial charge in [-0.25, -0.2) is 4.98 Å². The van der Waals surface area contributed by atoms with Crippen LogP contribution in [0.15, 0.2) is 17.5 Å². The van der Waals surface area contributed by atoms with Gasteiger partial charge in [-0.05, 0) is 25.3 Å². The number of thiazole rings is 1. The van der Waals surface area contributed by atoms with E-state index in [4.69, 9.17) is 0 Å². The molecule has 0 fully saturated rings. The lowest BCUT2D eigenvalue weighted by atomic mass is 10.3. The van der Waals surface area contributed by atoms with Crippen LogP contribution in [0.1, 0.15) is 28.5 Å². The van der Waals surface area contributed by atoms with Crippen molar-refractivity contribution in [3.8, 4) is 0 Å². The van der Waals surface area contributed by atoms with Gasteiger partial charge in [-0.2, -0.15) is 0 Å². The Morgan fingerprint density at radius 3 is 2.82 bits per heavy atom. The quantitative estimate of drug-likeness (QED) is 0.925. The summed E-state index contributed by atoms with van der Waals surface area (Å²) in [6.45, 7) is 4.59. The minimum Gasteiger partial charge on any atom is -0.388 e. The number of hydrogen-bond donors (Lipinski definition) is 1. The van der Waals surface area contributed by atoms with Crippen molar-refractivity contribution < 1.29 is 5.11 Å². The van der Waals surface area contributed by atoms with Crippen molar-refractivity contribution in [1.29, 1.82) is 0 Å². The van der Waals surface area contributed by atoms with Gasteiger partial charge in [0.25, 0.3) is 0 Å². The molecule has 0 saturated carbocycles. The third kappa shape index (κ3) is 2.86. The molecule has 2 heterocycles. The molecule has 2 rings (SSSR count). The van der Waals surface area contributed by atoms with Gasteiger partial charge < -0.3 is 10.0 Å². The summed E-state index contributed by atoms with van der Waals surface area (Å²) in [6, 6.07) is 4.18. The Morgan fingerprint density at radius 1 is 1.53 bits per heavy atom. The molecule has 0 aliphatic heterocycles. The first-order chi connectivity index (χ1) is 8.08. The van der Waals surface area contributed by atoms with Crippen LogP contribution in [-0.2, 0) is 6.54 Å². The van der Waals surface area contributed by atoms with Crippen LogP contribution in [0.4, 0.5) is 5.13 Å². The summed E-state index contributed by atoms with van der Waals surface area (Å²) < 4.78 is 0. The van der Waals surface area contributed by atoms with Crippen molar-refractivity contribution >= 4 is 27.8 Å². The second kappa shape index (κ2) is 5.16. The van der Waals surface area contributed by atoms with E-state index < -0.39 is 6.10 Å². The molecular weight excluding hydrogens is 252 g/mol. The number of aliphatic hydroxyl groups is 1. The monoisotopic (exact) mass is 268 g/mol. The summed E-state index contributed by atoms with van der Waals surface area (Å²) >= 11 is 3.32. The summed E-state index contributed by atoms with van der Waals surface area (Å²) in [5.41, 5.74) is 0.929. The van der Waals surface area contributed by atoms with Gasteiger partial charge in [0.15, 0.2) is 5.13 Å². The first-order valence-electron chi connectivity index (χ1n) is 5.47. The molecule has 0 aliphatic carbocycles.